The Morgan fingerprint density at radius 3 is 2.86 bits per heavy atom. The average molecular weight is 396 g/mol. The largest absolute Gasteiger partial charge is 0.497 e. The Hall–Kier alpha value is -3.44. The minimum Gasteiger partial charge on any atom is -0.497 e. The van der Waals surface area contributed by atoms with E-state index in [4.69, 9.17) is 11.2 Å². The number of likely N-dealkylation sites (N-methyl/N-ethyl adjacent to an activating group) is 1. The number of hydrogen-bond acceptors (Lipinski definition) is 6. The van der Waals surface area contributed by atoms with Crippen molar-refractivity contribution in [3.63, 3.8) is 0 Å². The molecule has 0 radical (unpaired) electrons. The van der Waals surface area contributed by atoms with Crippen molar-refractivity contribution in [2.24, 2.45) is 0 Å². The molecule has 0 fully saturated rings. The van der Waals surface area contributed by atoms with E-state index in [0.717, 1.165) is 11.3 Å². The molecule has 0 aliphatic carbocycles. The third-order valence-electron chi connectivity index (χ3n) is 4.85. The number of methoxy groups -OCH3 is 1. The van der Waals surface area contributed by atoms with Gasteiger partial charge in [0.2, 0.25) is 0 Å². The van der Waals surface area contributed by atoms with Gasteiger partial charge in [-0.25, -0.2) is 4.79 Å². The predicted molar refractivity (Wildman–Crippen MR) is 113 cm³/mol. The highest BCUT2D eigenvalue weighted by Crippen LogP contribution is 2.35. The highest BCUT2D eigenvalue weighted by atomic mass is 16.5. The zero-order chi connectivity index (χ0) is 21.0. The molecule has 8 heteroatoms. The first-order valence-electron chi connectivity index (χ1n) is 9.25. The average Bonchev–Trinajstić information content (AvgIpc) is 2.99. The van der Waals surface area contributed by atoms with E-state index in [-0.39, 0.29) is 25.9 Å². The molecule has 1 aliphatic heterocycles. The summed E-state index contributed by atoms with van der Waals surface area (Å²) < 4.78 is 6.71. The number of aliphatic hydroxyl groups is 1. The minimum absolute atomic E-state index is 0.0650. The summed E-state index contributed by atoms with van der Waals surface area (Å²) in [6.45, 7) is 0.423. The fourth-order valence-corrected chi connectivity index (χ4v) is 3.50. The zero-order valence-electron chi connectivity index (χ0n) is 16.5. The van der Waals surface area contributed by atoms with Crippen LogP contribution in [0.1, 0.15) is 12.0 Å². The molecular formula is C21H24N4O4. The van der Waals surface area contributed by atoms with Crippen molar-refractivity contribution in [2.45, 2.75) is 19.1 Å². The molecule has 2 N–H and O–H groups in total. The lowest BCUT2D eigenvalue weighted by molar-refractivity contribution is 0.279. The Balaban J connectivity index is 2.06. The van der Waals surface area contributed by atoms with E-state index >= 15 is 0 Å². The molecule has 0 bridgehead atoms. The van der Waals surface area contributed by atoms with Gasteiger partial charge in [0.15, 0.2) is 0 Å². The summed E-state index contributed by atoms with van der Waals surface area (Å²) in [6.07, 6.45) is 9.46. The van der Waals surface area contributed by atoms with Crippen molar-refractivity contribution >= 4 is 17.6 Å². The number of nitrogens with one attached hydrogen (secondary N) is 1. The fraction of sp³-hybridized carbons (Fsp3) is 0.333. The van der Waals surface area contributed by atoms with Crippen LogP contribution in [0.4, 0.5) is 11.5 Å². The summed E-state index contributed by atoms with van der Waals surface area (Å²) in [5, 5.41) is 9.18. The van der Waals surface area contributed by atoms with Crippen LogP contribution in [-0.2, 0) is 6.54 Å². The highest BCUT2D eigenvalue weighted by Gasteiger charge is 2.36. The quantitative estimate of drug-likeness (QED) is 0.675. The van der Waals surface area contributed by atoms with Crippen LogP contribution in [0.5, 0.6) is 5.75 Å². The number of H-pyrrole nitrogens is 1. The van der Waals surface area contributed by atoms with Crippen molar-refractivity contribution < 1.29 is 9.84 Å². The molecule has 0 saturated carbocycles. The number of nitrogens with zero attached hydrogens (tertiary/aromatic N) is 3. The van der Waals surface area contributed by atoms with Gasteiger partial charge in [-0.2, -0.15) is 0 Å². The van der Waals surface area contributed by atoms with Crippen LogP contribution in [-0.4, -0.2) is 48.1 Å². The Morgan fingerprint density at radius 2 is 2.17 bits per heavy atom. The lowest BCUT2D eigenvalue weighted by Gasteiger charge is -2.27. The number of benzene rings is 1. The Labute approximate surface area is 168 Å². The molecule has 29 heavy (non-hydrogen) atoms. The summed E-state index contributed by atoms with van der Waals surface area (Å²) in [7, 11) is 3.39. The molecular weight excluding hydrogens is 372 g/mol. The Morgan fingerprint density at radius 1 is 1.38 bits per heavy atom. The van der Waals surface area contributed by atoms with E-state index in [1.165, 1.54) is 4.57 Å². The molecule has 2 aromatic rings. The van der Waals surface area contributed by atoms with Gasteiger partial charge in [0.1, 0.15) is 23.4 Å². The first-order valence-corrected chi connectivity index (χ1v) is 9.25. The monoisotopic (exact) mass is 396 g/mol. The van der Waals surface area contributed by atoms with Crippen LogP contribution in [0.15, 0.2) is 39.9 Å². The lowest BCUT2D eigenvalue weighted by Crippen LogP contribution is -2.41. The van der Waals surface area contributed by atoms with Gasteiger partial charge in [-0.15, -0.1) is 6.42 Å². The lowest BCUT2D eigenvalue weighted by atomic mass is 10.2. The number of terminal acetylenes is 1. The van der Waals surface area contributed by atoms with Gasteiger partial charge in [-0.3, -0.25) is 14.3 Å². The van der Waals surface area contributed by atoms with E-state index in [1.54, 1.807) is 19.1 Å². The molecule has 1 unspecified atom stereocenters. The summed E-state index contributed by atoms with van der Waals surface area (Å²) >= 11 is 0. The van der Waals surface area contributed by atoms with E-state index in [2.05, 4.69) is 10.9 Å². The van der Waals surface area contributed by atoms with Crippen molar-refractivity contribution in [1.82, 2.24) is 9.55 Å². The second-order valence-corrected chi connectivity index (χ2v) is 6.65. The molecule has 0 spiro atoms. The van der Waals surface area contributed by atoms with Crippen LogP contribution in [0.2, 0.25) is 0 Å². The smallest absolute Gasteiger partial charge is 0.330 e. The van der Waals surface area contributed by atoms with E-state index < -0.39 is 11.2 Å². The fourth-order valence-electron chi connectivity index (χ4n) is 3.50. The minimum atomic E-state index is -0.518. The van der Waals surface area contributed by atoms with Gasteiger partial charge in [-0.05, 0) is 30.2 Å². The maximum Gasteiger partial charge on any atom is 0.330 e. The Kier molecular flexibility index (Phi) is 6.10. The summed E-state index contributed by atoms with van der Waals surface area (Å²) in [4.78, 5) is 30.9. The number of aromatic nitrogens is 2. The topological polar surface area (TPSA) is 90.8 Å². The number of aliphatic hydroxyl groups excluding tert-OH is 1. The highest BCUT2D eigenvalue weighted by molar-refractivity contribution is 5.75. The number of rotatable bonds is 7. The second-order valence-electron chi connectivity index (χ2n) is 6.65. The second kappa shape index (κ2) is 8.71. The van der Waals surface area contributed by atoms with E-state index in [1.807, 2.05) is 41.3 Å². The summed E-state index contributed by atoms with van der Waals surface area (Å²) in [5.41, 5.74) is 0.320. The standard InChI is InChI=1S/C21H24N4O4/c1-4-11-24-17(10-9-15-7-5-8-16(14-15)29-3)23(2)18-19(27)22-21(28)25(20(18)24)12-6-13-26/h1,5,7-10,14,17,26H,6,11-13H2,2-3H3,(H,22,27,28). The summed E-state index contributed by atoms with van der Waals surface area (Å²) in [5.74, 6) is 3.81. The molecule has 1 aromatic heterocycles. The number of fused-ring (bicyclic) bond motifs is 1. The summed E-state index contributed by atoms with van der Waals surface area (Å²) in [6, 6.07) is 7.59. The van der Waals surface area contributed by atoms with Crippen LogP contribution >= 0.6 is 0 Å². The van der Waals surface area contributed by atoms with E-state index in [9.17, 15) is 14.7 Å². The third-order valence-corrected chi connectivity index (χ3v) is 4.85. The van der Waals surface area contributed by atoms with Crippen LogP contribution < -0.4 is 25.8 Å². The van der Waals surface area contributed by atoms with Crippen molar-refractivity contribution in [3.8, 4) is 18.1 Å². The predicted octanol–water partition coefficient (Wildman–Crippen LogP) is 0.857. The molecule has 3 rings (SSSR count). The van der Waals surface area contributed by atoms with Gasteiger partial charge in [0, 0.05) is 20.2 Å². The number of ether oxygens (including phenoxy) is 1. The first kappa shape index (κ1) is 20.3. The van der Waals surface area contributed by atoms with E-state index in [0.29, 0.717) is 17.9 Å². The van der Waals surface area contributed by atoms with Crippen molar-refractivity contribution in [1.29, 1.82) is 0 Å². The van der Waals surface area contributed by atoms with Gasteiger partial charge < -0.3 is 19.6 Å². The first-order chi connectivity index (χ1) is 14.0. The molecule has 2 heterocycles. The molecule has 0 amide bonds. The van der Waals surface area contributed by atoms with Crippen molar-refractivity contribution in [3.05, 3.63) is 56.7 Å². The van der Waals surface area contributed by atoms with Crippen LogP contribution in [0.3, 0.4) is 0 Å². The molecule has 0 saturated heterocycles. The number of hydrogen-bond donors (Lipinski definition) is 2. The zero-order valence-corrected chi connectivity index (χ0v) is 16.5. The van der Waals surface area contributed by atoms with Crippen molar-refractivity contribution in [2.75, 3.05) is 37.1 Å². The molecule has 8 nitrogen and oxygen atoms in total. The molecule has 1 aromatic carbocycles. The maximum absolute atomic E-state index is 12.5. The SMILES string of the molecule is C#CCN1c2c(c(=O)[nH]c(=O)n2CCCO)N(C)C1C=Cc1cccc(OC)c1. The third kappa shape index (κ3) is 3.91. The normalized spacial score (nSPS) is 15.6. The molecule has 1 atom stereocenters. The van der Waals surface area contributed by atoms with Gasteiger partial charge in [0.25, 0.3) is 5.56 Å². The Bertz CT molecular complexity index is 1060. The molecule has 152 valence electrons. The van der Waals surface area contributed by atoms with Crippen LogP contribution in [0, 0.1) is 12.3 Å². The molecule has 1 aliphatic rings. The van der Waals surface area contributed by atoms with Gasteiger partial charge >= 0.3 is 5.69 Å². The van der Waals surface area contributed by atoms with Gasteiger partial charge in [-0.1, -0.05) is 24.1 Å². The number of aromatic amines is 1. The van der Waals surface area contributed by atoms with Gasteiger partial charge in [0.05, 0.1) is 13.7 Å². The maximum atomic E-state index is 12.5. The van der Waals surface area contributed by atoms with Crippen LogP contribution in [0.25, 0.3) is 6.08 Å². The number of anilines is 2.